The fraction of sp³-hybridized carbons (Fsp3) is 0.429. The molecule has 104 valence electrons. The van der Waals surface area contributed by atoms with Crippen LogP contribution in [0.2, 0.25) is 5.02 Å². The summed E-state index contributed by atoms with van der Waals surface area (Å²) in [4.78, 5) is 0. The van der Waals surface area contributed by atoms with E-state index in [0.717, 1.165) is 30.7 Å². The molecule has 0 amide bonds. The fourth-order valence-electron chi connectivity index (χ4n) is 2.85. The molecule has 1 aliphatic rings. The topological polar surface area (TPSA) is 25.2 Å². The predicted molar refractivity (Wildman–Crippen MR) is 77.8 cm³/mol. The number of halogens is 3. The third kappa shape index (κ3) is 2.47. The molecule has 2 aromatic rings. The molecule has 1 fully saturated rings. The Kier molecular flexibility index (Phi) is 4.39. The molecule has 1 aromatic heterocycles. The van der Waals surface area contributed by atoms with Gasteiger partial charge in [-0.25, -0.2) is 4.39 Å². The summed E-state index contributed by atoms with van der Waals surface area (Å²) in [7, 11) is 0. The van der Waals surface area contributed by atoms with E-state index in [9.17, 15) is 4.39 Å². The van der Waals surface area contributed by atoms with E-state index < -0.39 is 0 Å². The van der Waals surface area contributed by atoms with Crippen molar-refractivity contribution >= 4 is 35.0 Å². The van der Waals surface area contributed by atoms with Gasteiger partial charge in [0, 0.05) is 10.9 Å². The van der Waals surface area contributed by atoms with E-state index in [2.05, 4.69) is 12.2 Å². The summed E-state index contributed by atoms with van der Waals surface area (Å²) in [5.74, 6) is 0.436. The van der Waals surface area contributed by atoms with Gasteiger partial charge in [-0.1, -0.05) is 18.5 Å². The van der Waals surface area contributed by atoms with Crippen LogP contribution in [0.3, 0.4) is 0 Å². The van der Waals surface area contributed by atoms with Crippen LogP contribution in [0.1, 0.15) is 24.8 Å². The lowest BCUT2D eigenvalue weighted by Crippen LogP contribution is -2.33. The van der Waals surface area contributed by atoms with Crippen LogP contribution in [0.15, 0.2) is 22.8 Å². The van der Waals surface area contributed by atoms with Gasteiger partial charge < -0.3 is 9.73 Å². The van der Waals surface area contributed by atoms with Crippen LogP contribution in [-0.4, -0.2) is 13.1 Å². The van der Waals surface area contributed by atoms with E-state index in [1.807, 2.05) is 0 Å². The molecule has 2 nitrogen and oxygen atoms in total. The zero-order valence-corrected chi connectivity index (χ0v) is 12.2. The van der Waals surface area contributed by atoms with Crippen molar-refractivity contribution < 1.29 is 8.81 Å². The molecule has 0 unspecified atom stereocenters. The number of hydrogen-bond donors (Lipinski definition) is 1. The molecule has 2 atom stereocenters. The number of rotatable bonds is 1. The van der Waals surface area contributed by atoms with Gasteiger partial charge in [-0.3, -0.25) is 0 Å². The van der Waals surface area contributed by atoms with Gasteiger partial charge >= 0.3 is 0 Å². The van der Waals surface area contributed by atoms with Gasteiger partial charge in [-0.2, -0.15) is 0 Å². The number of benzene rings is 1. The van der Waals surface area contributed by atoms with Crippen LogP contribution in [0.5, 0.6) is 0 Å². The van der Waals surface area contributed by atoms with Crippen molar-refractivity contribution in [1.29, 1.82) is 0 Å². The highest BCUT2D eigenvalue weighted by molar-refractivity contribution is 6.35. The second-order valence-corrected chi connectivity index (χ2v) is 5.38. The molecule has 3 rings (SSSR count). The molecule has 0 aliphatic carbocycles. The zero-order valence-electron chi connectivity index (χ0n) is 10.6. The minimum Gasteiger partial charge on any atom is -0.464 e. The largest absolute Gasteiger partial charge is 0.464 e. The number of nitrogens with one attached hydrogen (secondary N) is 1. The number of fused-ring (bicyclic) bond motifs is 1. The quantitative estimate of drug-likeness (QED) is 0.847. The third-order valence-electron chi connectivity index (χ3n) is 3.84. The van der Waals surface area contributed by atoms with E-state index in [1.54, 1.807) is 18.4 Å². The van der Waals surface area contributed by atoms with Crippen molar-refractivity contribution in [3.05, 3.63) is 34.8 Å². The average Bonchev–Trinajstić information content (AvgIpc) is 2.84. The Hall–Kier alpha value is -0.770. The van der Waals surface area contributed by atoms with E-state index in [1.165, 1.54) is 0 Å². The molecule has 1 aromatic carbocycles. The summed E-state index contributed by atoms with van der Waals surface area (Å²) in [5, 5.41) is 4.19. The van der Waals surface area contributed by atoms with Gasteiger partial charge in [0.1, 0.15) is 11.4 Å². The van der Waals surface area contributed by atoms with E-state index in [4.69, 9.17) is 16.0 Å². The zero-order chi connectivity index (χ0) is 12.7. The number of hydrogen-bond acceptors (Lipinski definition) is 2. The minimum atomic E-state index is -0.355. The van der Waals surface area contributed by atoms with E-state index in [0.29, 0.717) is 17.2 Å². The predicted octanol–water partition coefficient (Wildman–Crippen LogP) is 4.36. The lowest BCUT2D eigenvalue weighted by molar-refractivity contribution is 0.348. The molecule has 1 saturated heterocycles. The first kappa shape index (κ1) is 14.6. The lowest BCUT2D eigenvalue weighted by Gasteiger charge is -2.30. The summed E-state index contributed by atoms with van der Waals surface area (Å²) < 4.78 is 19.4. The summed E-state index contributed by atoms with van der Waals surface area (Å²) in [5.41, 5.74) is 1.69. The molecular formula is C14H16Cl2FNO. The molecule has 2 heterocycles. The fourth-order valence-corrected chi connectivity index (χ4v) is 3.05. The molecule has 0 bridgehead atoms. The SMILES string of the molecule is C[C@H]1CNCC[C@H]1c1cc(F)c(Cl)c2ccoc12.Cl. The molecule has 5 heteroatoms. The van der Waals surface area contributed by atoms with Crippen molar-refractivity contribution in [3.8, 4) is 0 Å². The molecule has 1 N–H and O–H groups in total. The highest BCUT2D eigenvalue weighted by Crippen LogP contribution is 2.38. The molecule has 0 spiro atoms. The maximum Gasteiger partial charge on any atom is 0.142 e. The van der Waals surface area contributed by atoms with Crippen LogP contribution in [0, 0.1) is 11.7 Å². The molecule has 19 heavy (non-hydrogen) atoms. The second-order valence-electron chi connectivity index (χ2n) is 5.00. The molecule has 0 saturated carbocycles. The van der Waals surface area contributed by atoms with Crippen molar-refractivity contribution in [2.45, 2.75) is 19.3 Å². The van der Waals surface area contributed by atoms with Crippen LogP contribution >= 0.6 is 24.0 Å². The van der Waals surface area contributed by atoms with Crippen LogP contribution in [0.25, 0.3) is 11.0 Å². The van der Waals surface area contributed by atoms with Crippen LogP contribution < -0.4 is 5.32 Å². The van der Waals surface area contributed by atoms with E-state index >= 15 is 0 Å². The maximum atomic E-state index is 13.9. The number of furan rings is 1. The van der Waals surface area contributed by atoms with Gasteiger partial charge in [0.05, 0.1) is 11.3 Å². The normalized spacial score (nSPS) is 23.3. The van der Waals surface area contributed by atoms with Crippen molar-refractivity contribution in [2.75, 3.05) is 13.1 Å². The minimum absolute atomic E-state index is 0. The van der Waals surface area contributed by atoms with Crippen LogP contribution in [0.4, 0.5) is 4.39 Å². The monoisotopic (exact) mass is 303 g/mol. The standard InChI is InChI=1S/C14H15ClFNO.ClH/c1-8-7-17-4-2-9(8)11-6-12(16)13(15)10-3-5-18-14(10)11;/h3,5-6,8-9,17H,2,4,7H2,1H3;1H/t8-,9+;/m0./s1. The second kappa shape index (κ2) is 5.70. The van der Waals surface area contributed by atoms with Crippen LogP contribution in [-0.2, 0) is 0 Å². The Morgan fingerprint density at radius 1 is 1.47 bits per heavy atom. The van der Waals surface area contributed by atoms with E-state index in [-0.39, 0.29) is 23.2 Å². The molecule has 1 aliphatic heterocycles. The van der Waals surface area contributed by atoms with Crippen molar-refractivity contribution in [3.63, 3.8) is 0 Å². The number of piperidine rings is 1. The Morgan fingerprint density at radius 3 is 3.00 bits per heavy atom. The summed E-state index contributed by atoms with van der Waals surface area (Å²) in [6.07, 6.45) is 2.57. The molecule has 0 radical (unpaired) electrons. The van der Waals surface area contributed by atoms with Gasteiger partial charge in [0.2, 0.25) is 0 Å². The smallest absolute Gasteiger partial charge is 0.142 e. The Bertz CT molecular complexity index is 584. The summed E-state index contributed by atoms with van der Waals surface area (Å²) in [6.45, 7) is 4.09. The van der Waals surface area contributed by atoms with Gasteiger partial charge in [-0.05, 0) is 43.5 Å². The van der Waals surface area contributed by atoms with Crippen molar-refractivity contribution in [2.24, 2.45) is 5.92 Å². The maximum absolute atomic E-state index is 13.9. The Morgan fingerprint density at radius 2 is 2.26 bits per heavy atom. The average molecular weight is 304 g/mol. The Labute approximate surface area is 122 Å². The highest BCUT2D eigenvalue weighted by Gasteiger charge is 2.27. The van der Waals surface area contributed by atoms with Gasteiger partial charge in [0.25, 0.3) is 0 Å². The third-order valence-corrected chi connectivity index (χ3v) is 4.22. The first-order valence-electron chi connectivity index (χ1n) is 6.24. The highest BCUT2D eigenvalue weighted by atomic mass is 35.5. The summed E-state index contributed by atoms with van der Waals surface area (Å²) >= 11 is 5.97. The first-order valence-corrected chi connectivity index (χ1v) is 6.62. The van der Waals surface area contributed by atoms with Gasteiger partial charge in [0.15, 0.2) is 0 Å². The molecular weight excluding hydrogens is 288 g/mol. The Balaban J connectivity index is 0.00000133. The van der Waals surface area contributed by atoms with Gasteiger partial charge in [-0.15, -0.1) is 12.4 Å². The first-order chi connectivity index (χ1) is 8.68. The lowest BCUT2D eigenvalue weighted by atomic mass is 9.82. The van der Waals surface area contributed by atoms with Crippen molar-refractivity contribution in [1.82, 2.24) is 5.32 Å². The summed E-state index contributed by atoms with van der Waals surface area (Å²) in [6, 6.07) is 3.27.